The third-order valence-corrected chi connectivity index (χ3v) is 3.70. The van der Waals surface area contributed by atoms with E-state index < -0.39 is 18.1 Å². The summed E-state index contributed by atoms with van der Waals surface area (Å²) in [5, 5.41) is 29.0. The summed E-state index contributed by atoms with van der Waals surface area (Å²) in [5.74, 6) is -0.221. The first-order valence-electron chi connectivity index (χ1n) is 6.05. The normalized spacial score (nSPS) is 31.1. The Labute approximate surface area is 108 Å². The fraction of sp³-hybridized carbons (Fsp3) is 0.545. The summed E-state index contributed by atoms with van der Waals surface area (Å²) < 4.78 is 0. The molecule has 6 N–H and O–H groups in total. The summed E-state index contributed by atoms with van der Waals surface area (Å²) in [4.78, 5) is 15.2. The molecule has 0 bridgehead atoms. The second-order valence-electron chi connectivity index (χ2n) is 4.83. The average molecular weight is 265 g/mol. The van der Waals surface area contributed by atoms with Crippen molar-refractivity contribution in [1.29, 1.82) is 0 Å². The summed E-state index contributed by atoms with van der Waals surface area (Å²) in [6, 6.07) is 0. The highest BCUT2D eigenvalue weighted by molar-refractivity contribution is 5.80. The second kappa shape index (κ2) is 4.41. The highest BCUT2D eigenvalue weighted by atomic mass is 16.3. The van der Waals surface area contributed by atoms with Crippen molar-refractivity contribution in [3.8, 4) is 0 Å². The Balaban J connectivity index is 2.00. The number of aromatic nitrogens is 4. The minimum atomic E-state index is -1.01. The van der Waals surface area contributed by atoms with Crippen molar-refractivity contribution < 1.29 is 15.3 Å². The number of hydrogen-bond donors (Lipinski definition) is 5. The quantitative estimate of drug-likeness (QED) is 0.457. The number of aromatic amines is 1. The van der Waals surface area contributed by atoms with Crippen molar-refractivity contribution in [3.05, 3.63) is 12.2 Å². The largest absolute Gasteiger partial charge is 0.396 e. The number of rotatable bonds is 2. The summed E-state index contributed by atoms with van der Waals surface area (Å²) in [6.07, 6.45) is -0.105. The Morgan fingerprint density at radius 3 is 2.79 bits per heavy atom. The van der Waals surface area contributed by atoms with Gasteiger partial charge in [0.25, 0.3) is 0 Å². The molecule has 102 valence electrons. The van der Waals surface area contributed by atoms with Crippen LogP contribution in [0, 0.1) is 5.92 Å². The molecule has 1 fully saturated rings. The van der Waals surface area contributed by atoms with Gasteiger partial charge in [-0.3, -0.25) is 0 Å². The van der Waals surface area contributed by atoms with Crippen molar-refractivity contribution in [2.45, 2.75) is 24.5 Å². The third-order valence-electron chi connectivity index (χ3n) is 3.70. The minimum Gasteiger partial charge on any atom is -0.396 e. The van der Waals surface area contributed by atoms with Crippen LogP contribution in [-0.4, -0.2) is 54.1 Å². The van der Waals surface area contributed by atoms with E-state index >= 15 is 0 Å². The number of aliphatic hydroxyl groups is 3. The number of nitrogens with one attached hydrogen (secondary N) is 1. The maximum Gasteiger partial charge on any atom is 0.183 e. The zero-order valence-corrected chi connectivity index (χ0v) is 10.1. The molecule has 1 saturated carbocycles. The standard InChI is InChI=1S/C11H15N5O3/c12-9-6-11(14-3-13-6)16-10(15-9)5-1-4(2-17)7(18)8(5)19/h3-5,7-8,17-19H,1-2H2,(H3,12,13,14,15,16)/t4-,5?,7-,8-/m0/s1. The molecule has 0 saturated heterocycles. The predicted octanol–water partition coefficient (Wildman–Crippen LogP) is -1.25. The number of nitrogens with zero attached hydrogens (tertiary/aromatic N) is 3. The van der Waals surface area contributed by atoms with Crippen molar-refractivity contribution in [1.82, 2.24) is 19.9 Å². The van der Waals surface area contributed by atoms with Crippen LogP contribution in [0.2, 0.25) is 0 Å². The molecule has 0 aromatic carbocycles. The molecule has 2 aromatic rings. The van der Waals surface area contributed by atoms with E-state index in [1.54, 1.807) is 0 Å². The maximum absolute atomic E-state index is 10.0. The number of nitrogens with two attached hydrogens (primary N) is 1. The molecule has 1 aliphatic rings. The van der Waals surface area contributed by atoms with Crippen molar-refractivity contribution in [3.63, 3.8) is 0 Å². The lowest BCUT2D eigenvalue weighted by Gasteiger charge is -2.15. The smallest absolute Gasteiger partial charge is 0.183 e. The van der Waals surface area contributed by atoms with E-state index in [-0.39, 0.29) is 18.3 Å². The van der Waals surface area contributed by atoms with E-state index in [9.17, 15) is 10.2 Å². The zero-order chi connectivity index (χ0) is 13.6. The van der Waals surface area contributed by atoms with E-state index in [1.807, 2.05) is 0 Å². The molecular formula is C11H15N5O3. The molecule has 2 heterocycles. The van der Waals surface area contributed by atoms with Gasteiger partial charge < -0.3 is 26.0 Å². The Hall–Kier alpha value is -1.77. The molecular weight excluding hydrogens is 250 g/mol. The lowest BCUT2D eigenvalue weighted by atomic mass is 10.0. The maximum atomic E-state index is 10.0. The number of aliphatic hydroxyl groups excluding tert-OH is 3. The minimum absolute atomic E-state index is 0.186. The molecule has 1 unspecified atom stereocenters. The molecule has 1 aliphatic carbocycles. The van der Waals surface area contributed by atoms with Crippen LogP contribution in [0.25, 0.3) is 11.2 Å². The van der Waals surface area contributed by atoms with E-state index in [2.05, 4.69) is 19.9 Å². The van der Waals surface area contributed by atoms with Gasteiger partial charge in [0.05, 0.1) is 18.5 Å². The van der Waals surface area contributed by atoms with Crippen molar-refractivity contribution in [2.75, 3.05) is 12.3 Å². The molecule has 8 heteroatoms. The number of anilines is 1. The fourth-order valence-corrected chi connectivity index (χ4v) is 2.60. The molecule has 3 rings (SSSR count). The van der Waals surface area contributed by atoms with Crippen LogP contribution in [0.1, 0.15) is 18.2 Å². The lowest BCUT2D eigenvalue weighted by Crippen LogP contribution is -2.29. The summed E-state index contributed by atoms with van der Waals surface area (Å²) >= 11 is 0. The highest BCUT2D eigenvalue weighted by Gasteiger charge is 2.43. The molecule has 0 amide bonds. The van der Waals surface area contributed by atoms with Gasteiger partial charge >= 0.3 is 0 Å². The van der Waals surface area contributed by atoms with Gasteiger partial charge in [0.1, 0.15) is 11.3 Å². The molecule has 19 heavy (non-hydrogen) atoms. The lowest BCUT2D eigenvalue weighted by molar-refractivity contribution is 0.00171. The van der Waals surface area contributed by atoms with Gasteiger partial charge in [0.15, 0.2) is 11.5 Å². The molecule has 2 aromatic heterocycles. The van der Waals surface area contributed by atoms with E-state index in [1.165, 1.54) is 6.33 Å². The monoisotopic (exact) mass is 265 g/mol. The van der Waals surface area contributed by atoms with Gasteiger partial charge in [-0.25, -0.2) is 15.0 Å². The summed E-state index contributed by atoms with van der Waals surface area (Å²) in [5.41, 5.74) is 6.78. The van der Waals surface area contributed by atoms with Crippen LogP contribution in [0.4, 0.5) is 5.82 Å². The number of hydrogen-bond acceptors (Lipinski definition) is 7. The van der Waals surface area contributed by atoms with Crippen molar-refractivity contribution in [2.24, 2.45) is 5.92 Å². The van der Waals surface area contributed by atoms with Crippen LogP contribution in [-0.2, 0) is 0 Å². The molecule has 8 nitrogen and oxygen atoms in total. The summed E-state index contributed by atoms with van der Waals surface area (Å²) in [6.45, 7) is -0.186. The van der Waals surface area contributed by atoms with Crippen LogP contribution in [0.5, 0.6) is 0 Å². The van der Waals surface area contributed by atoms with Crippen LogP contribution < -0.4 is 5.73 Å². The first kappa shape index (κ1) is 12.3. The van der Waals surface area contributed by atoms with Gasteiger partial charge in [-0.15, -0.1) is 0 Å². The SMILES string of the molecule is Nc1nc(C2C[C@@H](CO)[C@H](O)[C@H]2O)nc2nc[nH]c12. The second-order valence-corrected chi connectivity index (χ2v) is 4.83. The molecule has 4 atom stereocenters. The zero-order valence-electron chi connectivity index (χ0n) is 10.1. The van der Waals surface area contributed by atoms with Gasteiger partial charge in [-0.05, 0) is 6.42 Å². The molecule has 0 aliphatic heterocycles. The highest BCUT2D eigenvalue weighted by Crippen LogP contribution is 2.37. The average Bonchev–Trinajstić information content (AvgIpc) is 2.96. The first-order chi connectivity index (χ1) is 9.11. The van der Waals surface area contributed by atoms with Crippen LogP contribution in [0.15, 0.2) is 6.33 Å². The van der Waals surface area contributed by atoms with Crippen molar-refractivity contribution >= 4 is 17.0 Å². The number of nitrogen functional groups attached to an aromatic ring is 1. The van der Waals surface area contributed by atoms with E-state index in [4.69, 9.17) is 10.8 Å². The van der Waals surface area contributed by atoms with Crippen LogP contribution >= 0.6 is 0 Å². The Morgan fingerprint density at radius 1 is 1.32 bits per heavy atom. The Kier molecular flexibility index (Phi) is 2.85. The number of H-pyrrole nitrogens is 1. The first-order valence-corrected chi connectivity index (χ1v) is 6.05. The van der Waals surface area contributed by atoms with Gasteiger partial charge in [0.2, 0.25) is 0 Å². The fourth-order valence-electron chi connectivity index (χ4n) is 2.60. The molecule has 0 radical (unpaired) electrons. The van der Waals surface area contributed by atoms with E-state index in [0.717, 1.165) is 0 Å². The third kappa shape index (κ3) is 1.84. The predicted molar refractivity (Wildman–Crippen MR) is 66.0 cm³/mol. The molecule has 0 spiro atoms. The number of imidazole rings is 1. The Bertz CT molecular complexity index is 601. The van der Waals surface area contributed by atoms with Gasteiger partial charge in [-0.1, -0.05) is 0 Å². The number of fused-ring (bicyclic) bond motifs is 1. The van der Waals surface area contributed by atoms with Gasteiger partial charge in [-0.2, -0.15) is 0 Å². The van der Waals surface area contributed by atoms with Gasteiger partial charge in [0, 0.05) is 18.4 Å². The van der Waals surface area contributed by atoms with Crippen LogP contribution in [0.3, 0.4) is 0 Å². The summed E-state index contributed by atoms with van der Waals surface area (Å²) in [7, 11) is 0. The van der Waals surface area contributed by atoms with E-state index in [0.29, 0.717) is 23.4 Å². The topological polar surface area (TPSA) is 141 Å². The Morgan fingerprint density at radius 2 is 2.11 bits per heavy atom.